The number of benzene rings is 1. The van der Waals surface area contributed by atoms with E-state index in [4.69, 9.17) is 23.2 Å². The molecular weight excluding hydrogens is 204 g/mol. The molecule has 0 aliphatic heterocycles. The quantitative estimate of drug-likeness (QED) is 0.556. The van der Waals surface area contributed by atoms with Crippen LogP contribution in [0.15, 0.2) is 18.2 Å². The predicted octanol–water partition coefficient (Wildman–Crippen LogP) is 3.25. The van der Waals surface area contributed by atoms with Crippen LogP contribution in [-0.4, -0.2) is 5.37 Å². The van der Waals surface area contributed by atoms with Gasteiger partial charge < -0.3 is 5.32 Å². The summed E-state index contributed by atoms with van der Waals surface area (Å²) in [7, 11) is 0. The Labute approximate surface area is 78.3 Å². The summed E-state index contributed by atoms with van der Waals surface area (Å²) in [4.78, 5) is 10.3. The summed E-state index contributed by atoms with van der Waals surface area (Å²) in [6, 6.07) is 3.79. The van der Waals surface area contributed by atoms with Crippen molar-refractivity contribution in [3.8, 4) is 0 Å². The number of amides is 1. The lowest BCUT2D eigenvalue weighted by Gasteiger charge is -2.01. The lowest BCUT2D eigenvalue weighted by molar-refractivity contribution is 0.269. The lowest BCUT2D eigenvalue weighted by atomic mass is 10.3. The second kappa shape index (κ2) is 3.74. The summed E-state index contributed by atoms with van der Waals surface area (Å²) in [5.41, 5.74) is -0.0255. The van der Waals surface area contributed by atoms with Crippen molar-refractivity contribution < 1.29 is 9.18 Å². The van der Waals surface area contributed by atoms with E-state index in [0.29, 0.717) is 5.02 Å². The van der Waals surface area contributed by atoms with Gasteiger partial charge in [0, 0.05) is 5.02 Å². The van der Waals surface area contributed by atoms with E-state index in [-0.39, 0.29) is 5.69 Å². The Bertz CT molecular complexity index is 316. The third kappa shape index (κ3) is 2.36. The van der Waals surface area contributed by atoms with Crippen molar-refractivity contribution in [1.82, 2.24) is 0 Å². The highest BCUT2D eigenvalue weighted by molar-refractivity contribution is 6.65. The molecule has 0 aromatic heterocycles. The molecule has 0 heterocycles. The van der Waals surface area contributed by atoms with E-state index in [1.54, 1.807) is 0 Å². The maximum atomic E-state index is 12.8. The van der Waals surface area contributed by atoms with Gasteiger partial charge in [0.15, 0.2) is 0 Å². The molecule has 0 fully saturated rings. The molecule has 0 spiro atoms. The average molecular weight is 208 g/mol. The van der Waals surface area contributed by atoms with Gasteiger partial charge in [-0.1, -0.05) is 11.6 Å². The fourth-order valence-corrected chi connectivity index (χ4v) is 0.973. The highest BCUT2D eigenvalue weighted by Gasteiger charge is 2.04. The van der Waals surface area contributed by atoms with Gasteiger partial charge in [0.2, 0.25) is 0 Å². The largest absolute Gasteiger partial charge is 0.318 e. The molecule has 1 amide bonds. The van der Waals surface area contributed by atoms with Crippen molar-refractivity contribution in [2.24, 2.45) is 0 Å². The predicted molar refractivity (Wildman–Crippen MR) is 46.3 cm³/mol. The zero-order valence-corrected chi connectivity index (χ0v) is 7.29. The number of nitrogens with one attached hydrogen (secondary N) is 1. The second-order valence-corrected chi connectivity index (χ2v) is 2.80. The molecule has 0 atom stereocenters. The zero-order chi connectivity index (χ0) is 9.14. The molecule has 1 rings (SSSR count). The summed E-state index contributed by atoms with van der Waals surface area (Å²) in [6.45, 7) is 0. The van der Waals surface area contributed by atoms with E-state index < -0.39 is 11.2 Å². The highest BCUT2D eigenvalue weighted by atomic mass is 35.5. The molecule has 2 nitrogen and oxygen atoms in total. The number of rotatable bonds is 1. The first-order valence-electron chi connectivity index (χ1n) is 3.01. The highest BCUT2D eigenvalue weighted by Crippen LogP contribution is 2.19. The maximum absolute atomic E-state index is 12.8. The van der Waals surface area contributed by atoms with Crippen LogP contribution in [0.5, 0.6) is 0 Å². The van der Waals surface area contributed by atoms with Gasteiger partial charge >= 0.3 is 5.37 Å². The molecule has 0 saturated heterocycles. The van der Waals surface area contributed by atoms with Gasteiger partial charge in [-0.3, -0.25) is 4.79 Å². The van der Waals surface area contributed by atoms with Crippen LogP contribution in [0.2, 0.25) is 5.02 Å². The van der Waals surface area contributed by atoms with Gasteiger partial charge in [0.05, 0.1) is 5.69 Å². The summed E-state index contributed by atoms with van der Waals surface area (Å²) < 4.78 is 12.8. The van der Waals surface area contributed by atoms with Crippen molar-refractivity contribution in [1.29, 1.82) is 0 Å². The molecule has 0 aliphatic rings. The SMILES string of the molecule is O=C(Cl)Nc1cc(Cl)ccc1F. The molecule has 12 heavy (non-hydrogen) atoms. The first kappa shape index (κ1) is 9.29. The van der Waals surface area contributed by atoms with Gasteiger partial charge in [-0.05, 0) is 29.8 Å². The van der Waals surface area contributed by atoms with Crippen LogP contribution in [-0.2, 0) is 0 Å². The Hall–Kier alpha value is -0.800. The van der Waals surface area contributed by atoms with Crippen LogP contribution in [0.4, 0.5) is 14.9 Å². The number of anilines is 1. The number of carbonyl (C=O) groups is 1. The topological polar surface area (TPSA) is 29.1 Å². The van der Waals surface area contributed by atoms with Gasteiger partial charge in [0.25, 0.3) is 0 Å². The first-order chi connectivity index (χ1) is 5.59. The van der Waals surface area contributed by atoms with Crippen molar-refractivity contribution in [2.45, 2.75) is 0 Å². The number of carbonyl (C=O) groups excluding carboxylic acids is 1. The molecule has 0 saturated carbocycles. The van der Waals surface area contributed by atoms with Crippen LogP contribution in [0, 0.1) is 5.82 Å². The second-order valence-electron chi connectivity index (χ2n) is 2.02. The van der Waals surface area contributed by atoms with Crippen LogP contribution in [0.3, 0.4) is 0 Å². The maximum Gasteiger partial charge on any atom is 0.318 e. The van der Waals surface area contributed by atoms with E-state index in [1.807, 2.05) is 0 Å². The molecule has 0 aliphatic carbocycles. The van der Waals surface area contributed by atoms with E-state index in [9.17, 15) is 9.18 Å². The van der Waals surface area contributed by atoms with E-state index in [1.165, 1.54) is 12.1 Å². The third-order valence-electron chi connectivity index (χ3n) is 1.16. The molecule has 0 radical (unpaired) electrons. The summed E-state index contributed by atoms with van der Waals surface area (Å²) in [5.74, 6) is -0.576. The summed E-state index contributed by atoms with van der Waals surface area (Å²) in [6.07, 6.45) is 0. The van der Waals surface area contributed by atoms with E-state index in [0.717, 1.165) is 6.07 Å². The van der Waals surface area contributed by atoms with E-state index >= 15 is 0 Å². The molecule has 1 aromatic rings. The third-order valence-corrected chi connectivity index (χ3v) is 1.49. The van der Waals surface area contributed by atoms with Crippen molar-refractivity contribution in [2.75, 3.05) is 5.32 Å². The minimum absolute atomic E-state index is 0.0255. The Morgan fingerprint density at radius 2 is 2.17 bits per heavy atom. The monoisotopic (exact) mass is 207 g/mol. The minimum atomic E-state index is -0.851. The first-order valence-corrected chi connectivity index (χ1v) is 3.77. The fraction of sp³-hybridized carbons (Fsp3) is 0. The standard InChI is InChI=1S/C7H4Cl2FNO/c8-4-1-2-5(10)6(3-4)11-7(9)12/h1-3H,(H,11,12). The van der Waals surface area contributed by atoms with Crippen molar-refractivity contribution in [3.05, 3.63) is 29.0 Å². The Balaban J connectivity index is 2.97. The molecule has 64 valence electrons. The molecule has 1 aromatic carbocycles. The molecule has 0 bridgehead atoms. The van der Waals surface area contributed by atoms with Gasteiger partial charge in [-0.15, -0.1) is 0 Å². The normalized spacial score (nSPS) is 9.58. The van der Waals surface area contributed by atoms with Crippen LogP contribution >= 0.6 is 23.2 Å². The van der Waals surface area contributed by atoms with Crippen LogP contribution in [0.25, 0.3) is 0 Å². The smallest absolute Gasteiger partial charge is 0.310 e. The Kier molecular flexibility index (Phi) is 2.89. The Morgan fingerprint density at radius 1 is 1.50 bits per heavy atom. The molecular formula is C7H4Cl2FNO. The van der Waals surface area contributed by atoms with Crippen molar-refractivity contribution >= 4 is 34.3 Å². The molecule has 5 heteroatoms. The fourth-order valence-electron chi connectivity index (χ4n) is 0.699. The van der Waals surface area contributed by atoms with Gasteiger partial charge in [-0.25, -0.2) is 4.39 Å². The number of halogens is 3. The van der Waals surface area contributed by atoms with Gasteiger partial charge in [0.1, 0.15) is 5.82 Å². The zero-order valence-electron chi connectivity index (χ0n) is 5.77. The number of hydrogen-bond acceptors (Lipinski definition) is 1. The van der Waals surface area contributed by atoms with Crippen LogP contribution < -0.4 is 5.32 Å². The molecule has 0 unspecified atom stereocenters. The summed E-state index contributed by atoms with van der Waals surface area (Å²) in [5, 5.41) is 1.56. The van der Waals surface area contributed by atoms with Crippen LogP contribution in [0.1, 0.15) is 0 Å². The number of hydrogen-bond donors (Lipinski definition) is 1. The summed E-state index contributed by atoms with van der Waals surface area (Å²) >= 11 is 10.5. The lowest BCUT2D eigenvalue weighted by Crippen LogP contribution is -2.02. The average Bonchev–Trinajstić information content (AvgIpc) is 1.96. The Morgan fingerprint density at radius 3 is 2.75 bits per heavy atom. The van der Waals surface area contributed by atoms with Gasteiger partial charge in [-0.2, -0.15) is 0 Å². The minimum Gasteiger partial charge on any atom is -0.310 e. The van der Waals surface area contributed by atoms with Crippen molar-refractivity contribution in [3.63, 3.8) is 0 Å². The van der Waals surface area contributed by atoms with E-state index in [2.05, 4.69) is 5.32 Å². The molecule has 1 N–H and O–H groups in total.